The Bertz CT molecular complexity index is 430. The standard InChI is InChI=1S/C12H13ClF3N.ClH/c1-7(2)5-11(17)8-3-4-10(13)9(6-8)12(14,15)16;/h3-4,6,11H,1,5,17H2,2H3;1H/t11-;/m0./s1. The molecule has 0 bridgehead atoms. The van der Waals surface area contributed by atoms with Crippen molar-refractivity contribution in [2.45, 2.75) is 25.6 Å². The maximum Gasteiger partial charge on any atom is 0.417 e. The van der Waals surface area contributed by atoms with Gasteiger partial charge in [-0.1, -0.05) is 23.2 Å². The van der Waals surface area contributed by atoms with E-state index in [1.165, 1.54) is 12.1 Å². The fourth-order valence-electron chi connectivity index (χ4n) is 1.48. The number of hydrogen-bond acceptors (Lipinski definition) is 1. The predicted octanol–water partition coefficient (Wildman–Crippen LogP) is 4.75. The van der Waals surface area contributed by atoms with Crippen LogP contribution in [0.3, 0.4) is 0 Å². The van der Waals surface area contributed by atoms with Gasteiger partial charge in [0.15, 0.2) is 0 Å². The van der Waals surface area contributed by atoms with Crippen LogP contribution >= 0.6 is 24.0 Å². The SMILES string of the molecule is C=C(C)C[C@H](N)c1ccc(Cl)c(C(F)(F)F)c1.Cl. The zero-order chi connectivity index (χ0) is 13.2. The molecule has 0 aliphatic heterocycles. The summed E-state index contributed by atoms with van der Waals surface area (Å²) in [6.45, 7) is 5.46. The molecule has 0 amide bonds. The van der Waals surface area contributed by atoms with Gasteiger partial charge in [0.25, 0.3) is 0 Å². The van der Waals surface area contributed by atoms with Crippen LogP contribution in [0.5, 0.6) is 0 Å². The van der Waals surface area contributed by atoms with Crippen LogP contribution in [-0.2, 0) is 6.18 Å². The summed E-state index contributed by atoms with van der Waals surface area (Å²) in [5, 5.41) is -0.316. The molecule has 1 aromatic rings. The van der Waals surface area contributed by atoms with E-state index in [-0.39, 0.29) is 17.4 Å². The second-order valence-electron chi connectivity index (χ2n) is 4.00. The first-order valence-corrected chi connectivity index (χ1v) is 5.36. The smallest absolute Gasteiger partial charge is 0.324 e. The van der Waals surface area contributed by atoms with Crippen molar-refractivity contribution in [2.75, 3.05) is 0 Å². The summed E-state index contributed by atoms with van der Waals surface area (Å²) in [5.41, 5.74) is 6.16. The third-order valence-corrected chi connectivity index (χ3v) is 2.62. The second-order valence-corrected chi connectivity index (χ2v) is 4.41. The zero-order valence-corrected chi connectivity index (χ0v) is 11.3. The molecule has 18 heavy (non-hydrogen) atoms. The van der Waals surface area contributed by atoms with E-state index in [4.69, 9.17) is 17.3 Å². The van der Waals surface area contributed by atoms with Gasteiger partial charge < -0.3 is 5.73 Å². The normalized spacial score (nSPS) is 12.8. The molecule has 0 saturated heterocycles. The number of hydrogen-bond donors (Lipinski definition) is 1. The average molecular weight is 300 g/mol. The highest BCUT2D eigenvalue weighted by molar-refractivity contribution is 6.31. The maximum atomic E-state index is 12.6. The van der Waals surface area contributed by atoms with Crippen molar-refractivity contribution in [3.8, 4) is 0 Å². The second kappa shape index (κ2) is 6.45. The van der Waals surface area contributed by atoms with Gasteiger partial charge in [-0.2, -0.15) is 13.2 Å². The van der Waals surface area contributed by atoms with Gasteiger partial charge in [-0.3, -0.25) is 0 Å². The quantitative estimate of drug-likeness (QED) is 0.801. The van der Waals surface area contributed by atoms with Crippen LogP contribution in [0, 0.1) is 0 Å². The van der Waals surface area contributed by atoms with E-state index in [9.17, 15) is 13.2 Å². The van der Waals surface area contributed by atoms with Gasteiger partial charge in [0, 0.05) is 6.04 Å². The number of halogens is 5. The molecule has 102 valence electrons. The molecule has 0 unspecified atom stereocenters. The first-order chi connectivity index (χ1) is 7.71. The topological polar surface area (TPSA) is 26.0 Å². The number of alkyl halides is 3. The Hall–Kier alpha value is -0.710. The Balaban J connectivity index is 0.00000289. The summed E-state index contributed by atoms with van der Waals surface area (Å²) in [6, 6.07) is 3.23. The Labute approximate surface area is 115 Å². The number of benzene rings is 1. The lowest BCUT2D eigenvalue weighted by molar-refractivity contribution is -0.137. The first kappa shape index (κ1) is 17.3. The van der Waals surface area contributed by atoms with Crippen molar-refractivity contribution in [2.24, 2.45) is 5.73 Å². The minimum Gasteiger partial charge on any atom is -0.324 e. The van der Waals surface area contributed by atoms with Gasteiger partial charge >= 0.3 is 6.18 Å². The lowest BCUT2D eigenvalue weighted by Crippen LogP contribution is -2.13. The van der Waals surface area contributed by atoms with E-state index < -0.39 is 17.8 Å². The molecule has 0 aliphatic rings. The molecule has 0 fully saturated rings. The lowest BCUT2D eigenvalue weighted by Gasteiger charge is -2.15. The Morgan fingerprint density at radius 3 is 2.44 bits per heavy atom. The largest absolute Gasteiger partial charge is 0.417 e. The van der Waals surface area contributed by atoms with Crippen molar-refractivity contribution >= 4 is 24.0 Å². The molecule has 0 aromatic heterocycles. The van der Waals surface area contributed by atoms with Crippen molar-refractivity contribution < 1.29 is 13.2 Å². The molecule has 2 N–H and O–H groups in total. The molecule has 0 radical (unpaired) electrons. The zero-order valence-electron chi connectivity index (χ0n) is 9.72. The van der Waals surface area contributed by atoms with Gasteiger partial charge in [-0.25, -0.2) is 0 Å². The summed E-state index contributed by atoms with van der Waals surface area (Å²) in [5.74, 6) is 0. The lowest BCUT2D eigenvalue weighted by atomic mass is 9.99. The maximum absolute atomic E-state index is 12.6. The van der Waals surface area contributed by atoms with Crippen LogP contribution in [0.2, 0.25) is 5.02 Å². The van der Waals surface area contributed by atoms with Gasteiger partial charge in [0.1, 0.15) is 0 Å². The predicted molar refractivity (Wildman–Crippen MR) is 70.1 cm³/mol. The van der Waals surface area contributed by atoms with Crippen LogP contribution < -0.4 is 5.73 Å². The van der Waals surface area contributed by atoms with Gasteiger partial charge in [-0.15, -0.1) is 19.0 Å². The number of nitrogens with two attached hydrogens (primary N) is 1. The molecular weight excluding hydrogens is 286 g/mol. The highest BCUT2D eigenvalue weighted by Crippen LogP contribution is 2.36. The van der Waals surface area contributed by atoms with E-state index in [0.717, 1.165) is 11.6 Å². The highest BCUT2D eigenvalue weighted by atomic mass is 35.5. The van der Waals surface area contributed by atoms with Gasteiger partial charge in [0.2, 0.25) is 0 Å². The molecule has 1 atom stereocenters. The monoisotopic (exact) mass is 299 g/mol. The third kappa shape index (κ3) is 4.52. The molecule has 1 aromatic carbocycles. The Morgan fingerprint density at radius 2 is 2.00 bits per heavy atom. The van der Waals surface area contributed by atoms with E-state index in [1.807, 2.05) is 0 Å². The van der Waals surface area contributed by atoms with E-state index >= 15 is 0 Å². The van der Waals surface area contributed by atoms with Gasteiger partial charge in [0.05, 0.1) is 10.6 Å². The Morgan fingerprint density at radius 1 is 1.44 bits per heavy atom. The van der Waals surface area contributed by atoms with Crippen LogP contribution in [-0.4, -0.2) is 0 Å². The van der Waals surface area contributed by atoms with Crippen LogP contribution in [0.15, 0.2) is 30.4 Å². The summed E-state index contributed by atoms with van der Waals surface area (Å²) in [6.07, 6.45) is -4.02. The molecular formula is C12H14Cl2F3N. The van der Waals surface area contributed by atoms with Crippen molar-refractivity contribution in [3.63, 3.8) is 0 Å². The van der Waals surface area contributed by atoms with E-state index in [1.54, 1.807) is 6.92 Å². The molecule has 0 aliphatic carbocycles. The minimum absolute atomic E-state index is 0. The van der Waals surface area contributed by atoms with E-state index in [0.29, 0.717) is 12.0 Å². The van der Waals surface area contributed by atoms with Gasteiger partial charge in [-0.05, 0) is 31.0 Å². The van der Waals surface area contributed by atoms with Crippen molar-refractivity contribution in [1.82, 2.24) is 0 Å². The van der Waals surface area contributed by atoms with E-state index in [2.05, 4.69) is 6.58 Å². The summed E-state index contributed by atoms with van der Waals surface area (Å²) in [7, 11) is 0. The minimum atomic E-state index is -4.46. The molecule has 1 rings (SSSR count). The summed E-state index contributed by atoms with van der Waals surface area (Å²) >= 11 is 5.51. The van der Waals surface area contributed by atoms with Crippen LogP contribution in [0.25, 0.3) is 0 Å². The summed E-state index contributed by atoms with van der Waals surface area (Å²) < 4.78 is 37.8. The molecule has 0 spiro atoms. The average Bonchev–Trinajstić information content (AvgIpc) is 2.15. The fourth-order valence-corrected chi connectivity index (χ4v) is 1.71. The molecule has 1 nitrogen and oxygen atoms in total. The fraction of sp³-hybridized carbons (Fsp3) is 0.333. The molecule has 0 heterocycles. The molecule has 0 saturated carbocycles. The van der Waals surface area contributed by atoms with Crippen molar-refractivity contribution in [1.29, 1.82) is 0 Å². The van der Waals surface area contributed by atoms with Crippen LogP contribution in [0.4, 0.5) is 13.2 Å². The first-order valence-electron chi connectivity index (χ1n) is 4.98. The Kier molecular flexibility index (Phi) is 6.20. The van der Waals surface area contributed by atoms with Crippen LogP contribution in [0.1, 0.15) is 30.5 Å². The highest BCUT2D eigenvalue weighted by Gasteiger charge is 2.33. The summed E-state index contributed by atoms with van der Waals surface area (Å²) in [4.78, 5) is 0. The third-order valence-electron chi connectivity index (χ3n) is 2.29. The van der Waals surface area contributed by atoms with Crippen molar-refractivity contribution in [3.05, 3.63) is 46.5 Å². The number of rotatable bonds is 3. The molecule has 6 heteroatoms.